The molecule has 0 radical (unpaired) electrons. The van der Waals surface area contributed by atoms with Gasteiger partial charge in [0, 0.05) is 18.4 Å². The molecule has 62 heavy (non-hydrogen) atoms. The number of quaternary nitrogens is 1. The van der Waals surface area contributed by atoms with Gasteiger partial charge >= 0.3 is 7.82 Å². The molecule has 4 aromatic carbocycles. The van der Waals surface area contributed by atoms with Crippen LogP contribution in [0.5, 0.6) is 0 Å². The fourth-order valence-corrected chi connectivity index (χ4v) is 9.98. The molecule has 0 heterocycles. The van der Waals surface area contributed by atoms with Gasteiger partial charge in [-0.15, -0.1) is 0 Å². The van der Waals surface area contributed by atoms with Crippen LogP contribution in [-0.2, 0) is 28.4 Å². The molecule has 3 atom stereocenters. The monoisotopic (exact) mass is 899 g/mol. The van der Waals surface area contributed by atoms with Crippen molar-refractivity contribution >= 4 is 56.1 Å². The van der Waals surface area contributed by atoms with Gasteiger partial charge in [0.1, 0.15) is 13.2 Å². The van der Waals surface area contributed by atoms with Crippen LogP contribution in [0.25, 0.3) is 32.3 Å². The average molecular weight is 899 g/mol. The normalized spacial score (nSPS) is 14.6. The zero-order valence-corrected chi connectivity index (χ0v) is 39.8. The molecule has 0 spiro atoms. The zero-order chi connectivity index (χ0) is 44.9. The standard InChI is InChI=1S/C49H76N3O8PS/c1-5-6-7-8-9-10-11-12-13-14-16-19-22-28-45(53)44(39-60-61(55,56)59-38-37-52(2,3)4)51-47(54)29-23-20-17-15-18-21-24-36-50-62(57,58)46-35-33-42-31-30-40-26-25-27-41-32-34-43(46)49(42)48(40)41/h22,25-28,30-35,44-45,50,53H,5-21,23-24,29,36-39H2,1-4H3,(H-,51,54,55,56)/p+1/b28-22+/t44-,45+/m0/s1. The summed E-state index contributed by atoms with van der Waals surface area (Å²) < 4.78 is 53.3. The molecule has 0 saturated heterocycles. The summed E-state index contributed by atoms with van der Waals surface area (Å²) in [5.41, 5.74) is 0. The van der Waals surface area contributed by atoms with E-state index in [4.69, 9.17) is 9.05 Å². The summed E-state index contributed by atoms with van der Waals surface area (Å²) in [6.07, 6.45) is 23.4. The van der Waals surface area contributed by atoms with Gasteiger partial charge in [0.15, 0.2) is 0 Å². The van der Waals surface area contributed by atoms with E-state index in [0.717, 1.165) is 90.1 Å². The number of carbonyl (C=O) groups excluding carboxylic acids is 1. The summed E-state index contributed by atoms with van der Waals surface area (Å²) in [5.74, 6) is -0.257. The first kappa shape index (κ1) is 51.7. The van der Waals surface area contributed by atoms with Crippen molar-refractivity contribution in [3.05, 3.63) is 66.7 Å². The van der Waals surface area contributed by atoms with Crippen molar-refractivity contribution in [2.75, 3.05) is 47.4 Å². The van der Waals surface area contributed by atoms with Crippen molar-refractivity contribution < 1.29 is 41.3 Å². The average Bonchev–Trinajstić information content (AvgIpc) is 3.23. The summed E-state index contributed by atoms with van der Waals surface area (Å²) >= 11 is 0. The number of aliphatic hydroxyl groups is 1. The lowest BCUT2D eigenvalue weighted by molar-refractivity contribution is -0.870. The molecule has 346 valence electrons. The molecule has 4 N–H and O–H groups in total. The largest absolute Gasteiger partial charge is 0.472 e. The second kappa shape index (κ2) is 26.8. The number of likely N-dealkylation sites (N-methyl/N-ethyl adjacent to an activating group) is 1. The van der Waals surface area contributed by atoms with Gasteiger partial charge in [0.25, 0.3) is 0 Å². The van der Waals surface area contributed by atoms with E-state index in [9.17, 15) is 27.8 Å². The van der Waals surface area contributed by atoms with Gasteiger partial charge in [0.2, 0.25) is 15.9 Å². The number of hydrogen-bond acceptors (Lipinski definition) is 7. The molecule has 1 amide bonds. The Balaban J connectivity index is 1.13. The lowest BCUT2D eigenvalue weighted by Gasteiger charge is -2.25. The van der Waals surface area contributed by atoms with Crippen LogP contribution in [0.4, 0.5) is 0 Å². The maximum absolute atomic E-state index is 13.4. The Morgan fingerprint density at radius 2 is 1.29 bits per heavy atom. The second-order valence-electron chi connectivity index (χ2n) is 18.1. The van der Waals surface area contributed by atoms with Crippen molar-refractivity contribution in [2.24, 2.45) is 0 Å². The number of rotatable bonds is 34. The Bertz CT molecular complexity index is 2090. The Hall–Kier alpha value is -2.93. The summed E-state index contributed by atoms with van der Waals surface area (Å²) in [6.45, 7) is 2.77. The van der Waals surface area contributed by atoms with Crippen molar-refractivity contribution in [1.29, 1.82) is 0 Å². The van der Waals surface area contributed by atoms with Crippen LogP contribution in [0.2, 0.25) is 0 Å². The van der Waals surface area contributed by atoms with E-state index < -0.39 is 30.0 Å². The highest BCUT2D eigenvalue weighted by molar-refractivity contribution is 7.89. The lowest BCUT2D eigenvalue weighted by atomic mass is 9.94. The molecule has 1 unspecified atom stereocenters. The third-order valence-electron chi connectivity index (χ3n) is 11.7. The van der Waals surface area contributed by atoms with Gasteiger partial charge in [-0.3, -0.25) is 13.8 Å². The van der Waals surface area contributed by atoms with Gasteiger partial charge in [-0.05, 0) is 58.7 Å². The number of sulfonamides is 1. The van der Waals surface area contributed by atoms with Crippen LogP contribution in [0, 0.1) is 0 Å². The minimum atomic E-state index is -4.39. The smallest absolute Gasteiger partial charge is 0.387 e. The summed E-state index contributed by atoms with van der Waals surface area (Å²) in [7, 11) is -2.24. The molecule has 0 aliphatic rings. The number of nitrogens with zero attached hydrogens (tertiary/aromatic N) is 1. The third-order valence-corrected chi connectivity index (χ3v) is 14.2. The van der Waals surface area contributed by atoms with Gasteiger partial charge in [-0.2, -0.15) is 0 Å². The van der Waals surface area contributed by atoms with Gasteiger partial charge in [-0.1, -0.05) is 164 Å². The number of amides is 1. The molecule has 0 fully saturated rings. The summed E-state index contributed by atoms with van der Waals surface area (Å²) in [6, 6.07) is 16.9. The highest BCUT2D eigenvalue weighted by Gasteiger charge is 2.28. The number of hydrogen-bond donors (Lipinski definition) is 4. The van der Waals surface area contributed by atoms with Crippen LogP contribution >= 0.6 is 7.82 Å². The number of phosphoric acid groups is 1. The van der Waals surface area contributed by atoms with E-state index in [1.54, 1.807) is 12.1 Å². The maximum atomic E-state index is 13.4. The number of carbonyl (C=O) groups is 1. The third kappa shape index (κ3) is 18.3. The predicted molar refractivity (Wildman–Crippen MR) is 255 cm³/mol. The fraction of sp³-hybridized carbons (Fsp3) is 0.612. The number of allylic oxidation sites excluding steroid dienone is 1. The van der Waals surface area contributed by atoms with E-state index in [0.29, 0.717) is 28.9 Å². The highest BCUT2D eigenvalue weighted by atomic mass is 32.2. The van der Waals surface area contributed by atoms with E-state index in [1.807, 2.05) is 57.6 Å². The molecule has 0 aliphatic carbocycles. The van der Waals surface area contributed by atoms with Gasteiger partial charge in [-0.25, -0.2) is 17.7 Å². The first-order valence-corrected chi connectivity index (χ1v) is 26.4. The number of nitrogens with one attached hydrogen (secondary N) is 2. The molecule has 0 saturated carbocycles. The van der Waals surface area contributed by atoms with Gasteiger partial charge < -0.3 is 19.8 Å². The van der Waals surface area contributed by atoms with E-state index in [1.165, 1.54) is 57.8 Å². The van der Waals surface area contributed by atoms with Crippen molar-refractivity contribution in [3.63, 3.8) is 0 Å². The molecule has 0 bridgehead atoms. The Morgan fingerprint density at radius 3 is 1.92 bits per heavy atom. The highest BCUT2D eigenvalue weighted by Crippen LogP contribution is 2.43. The minimum Gasteiger partial charge on any atom is -0.387 e. The lowest BCUT2D eigenvalue weighted by Crippen LogP contribution is -2.45. The van der Waals surface area contributed by atoms with E-state index >= 15 is 0 Å². The molecule has 0 aliphatic heterocycles. The van der Waals surface area contributed by atoms with Crippen LogP contribution in [0.3, 0.4) is 0 Å². The number of benzene rings is 4. The van der Waals surface area contributed by atoms with Crippen LogP contribution in [0.1, 0.15) is 135 Å². The topological polar surface area (TPSA) is 151 Å². The Labute approximate surface area is 372 Å². The molecule has 13 heteroatoms. The fourth-order valence-electron chi connectivity index (χ4n) is 7.96. The van der Waals surface area contributed by atoms with E-state index in [2.05, 4.69) is 35.2 Å². The van der Waals surface area contributed by atoms with Crippen LogP contribution in [-0.4, -0.2) is 88.4 Å². The quantitative estimate of drug-likeness (QED) is 0.0119. The van der Waals surface area contributed by atoms with Gasteiger partial charge in [0.05, 0.1) is 44.8 Å². The van der Waals surface area contributed by atoms with Crippen molar-refractivity contribution in [2.45, 2.75) is 152 Å². The number of aliphatic hydroxyl groups excluding tert-OH is 1. The van der Waals surface area contributed by atoms with Crippen LogP contribution < -0.4 is 10.0 Å². The first-order valence-electron chi connectivity index (χ1n) is 23.4. The Kier molecular flexibility index (Phi) is 22.3. The molecular weight excluding hydrogens is 822 g/mol. The van der Waals surface area contributed by atoms with Crippen LogP contribution in [0.15, 0.2) is 71.6 Å². The SMILES string of the molecule is CCCCCCCCCCCCC/C=C/[C@@H](O)[C@H](COP(=O)(O)OCC[N+](C)(C)C)NC(=O)CCCCCCCCCNS(=O)(=O)c1ccc2ccc3cccc4ccc1c2c34. The van der Waals surface area contributed by atoms with Crippen molar-refractivity contribution in [3.8, 4) is 0 Å². The maximum Gasteiger partial charge on any atom is 0.472 e. The molecule has 11 nitrogen and oxygen atoms in total. The molecular formula is C49H77N3O8PS+. The summed E-state index contributed by atoms with van der Waals surface area (Å²) in [4.78, 5) is 23.6. The predicted octanol–water partition coefficient (Wildman–Crippen LogP) is 10.9. The Morgan fingerprint density at radius 1 is 0.742 bits per heavy atom. The number of unbranched alkanes of at least 4 members (excludes halogenated alkanes) is 17. The minimum absolute atomic E-state index is 0.0257. The zero-order valence-electron chi connectivity index (χ0n) is 38.1. The van der Waals surface area contributed by atoms with Crippen molar-refractivity contribution in [1.82, 2.24) is 10.0 Å². The second-order valence-corrected chi connectivity index (χ2v) is 21.3. The molecule has 4 rings (SSSR count). The molecule has 0 aromatic heterocycles. The molecule has 4 aromatic rings. The summed E-state index contributed by atoms with van der Waals surface area (Å²) in [5, 5.41) is 19.9. The van der Waals surface area contributed by atoms with E-state index in [-0.39, 0.29) is 25.5 Å². The first-order chi connectivity index (χ1) is 29.7. The number of phosphoric ester groups is 1.